The first kappa shape index (κ1) is 18.5. The number of benzene rings is 2. The van der Waals surface area contributed by atoms with Crippen LogP contribution in [0.1, 0.15) is 45.8 Å². The Hall–Kier alpha value is -3.28. The molecule has 0 saturated carbocycles. The summed E-state index contributed by atoms with van der Waals surface area (Å²) >= 11 is 0. The number of hydrazine groups is 1. The normalized spacial score (nSPS) is 10.9. The lowest BCUT2D eigenvalue weighted by Crippen LogP contribution is -2.41. The van der Waals surface area contributed by atoms with Gasteiger partial charge in [0.1, 0.15) is 5.75 Å². The van der Waals surface area contributed by atoms with Crippen molar-refractivity contribution in [2.24, 2.45) is 0 Å². The summed E-state index contributed by atoms with van der Waals surface area (Å²) in [7, 11) is 0. The number of hydrogen-bond acceptors (Lipinski definition) is 3. The molecule has 0 aliphatic carbocycles. The zero-order valence-corrected chi connectivity index (χ0v) is 15.8. The van der Waals surface area contributed by atoms with Gasteiger partial charge in [0, 0.05) is 27.7 Å². The number of hydrogen-bond donors (Lipinski definition) is 3. The zero-order valence-electron chi connectivity index (χ0n) is 15.8. The predicted molar refractivity (Wildman–Crippen MR) is 105 cm³/mol. The third-order valence-electron chi connectivity index (χ3n) is 4.35. The molecule has 2 amide bonds. The molecule has 6 heteroatoms. The van der Waals surface area contributed by atoms with Gasteiger partial charge in [-0.3, -0.25) is 20.4 Å². The molecule has 0 bridgehead atoms. The van der Waals surface area contributed by atoms with Gasteiger partial charge in [-0.25, -0.2) is 0 Å². The Balaban J connectivity index is 1.64. The van der Waals surface area contributed by atoms with E-state index in [1.54, 1.807) is 30.3 Å². The molecule has 3 aromatic rings. The molecule has 0 radical (unpaired) electrons. The lowest BCUT2D eigenvalue weighted by molar-refractivity contribution is 0.0846. The van der Waals surface area contributed by atoms with E-state index in [1.807, 2.05) is 39.8 Å². The van der Waals surface area contributed by atoms with Crippen LogP contribution in [0.2, 0.25) is 0 Å². The first-order valence-corrected chi connectivity index (χ1v) is 8.81. The van der Waals surface area contributed by atoms with Crippen molar-refractivity contribution < 1.29 is 14.3 Å². The summed E-state index contributed by atoms with van der Waals surface area (Å²) in [5.41, 5.74) is 8.96. The molecule has 2 aromatic carbocycles. The summed E-state index contributed by atoms with van der Waals surface area (Å²) in [6, 6.07) is 12.1. The Kier molecular flexibility index (Phi) is 5.16. The largest absolute Gasteiger partial charge is 0.491 e. The van der Waals surface area contributed by atoms with E-state index in [0.717, 1.165) is 22.2 Å². The number of rotatable bonds is 4. The topological polar surface area (TPSA) is 83.2 Å². The van der Waals surface area contributed by atoms with Crippen molar-refractivity contribution in [3.8, 4) is 5.75 Å². The molecule has 0 unspecified atom stereocenters. The lowest BCUT2D eigenvalue weighted by Gasteiger charge is -2.11. The molecule has 3 N–H and O–H groups in total. The van der Waals surface area contributed by atoms with Gasteiger partial charge in [0.15, 0.2) is 0 Å². The summed E-state index contributed by atoms with van der Waals surface area (Å²) in [4.78, 5) is 27.8. The van der Waals surface area contributed by atoms with Crippen LogP contribution in [0.15, 0.2) is 42.5 Å². The Bertz CT molecular complexity index is 988. The first-order chi connectivity index (χ1) is 12.8. The highest BCUT2D eigenvalue weighted by Crippen LogP contribution is 2.22. The van der Waals surface area contributed by atoms with Gasteiger partial charge in [-0.05, 0) is 75.7 Å². The van der Waals surface area contributed by atoms with E-state index in [0.29, 0.717) is 16.9 Å². The highest BCUT2D eigenvalue weighted by Gasteiger charge is 2.12. The summed E-state index contributed by atoms with van der Waals surface area (Å²) in [6.07, 6.45) is 0.0637. The summed E-state index contributed by atoms with van der Waals surface area (Å²) in [5.74, 6) is -0.0755. The maximum absolute atomic E-state index is 12.4. The quantitative estimate of drug-likeness (QED) is 0.617. The fraction of sp³-hybridized carbons (Fsp3) is 0.238. The number of nitrogens with one attached hydrogen (secondary N) is 3. The van der Waals surface area contributed by atoms with Crippen molar-refractivity contribution in [3.05, 3.63) is 64.8 Å². The minimum absolute atomic E-state index is 0.0637. The van der Waals surface area contributed by atoms with Crippen molar-refractivity contribution in [2.75, 3.05) is 0 Å². The number of carbonyl (C=O) groups is 2. The molecule has 0 saturated heterocycles. The Morgan fingerprint density at radius 3 is 2.15 bits per heavy atom. The second-order valence-electron chi connectivity index (χ2n) is 6.73. The van der Waals surface area contributed by atoms with Crippen molar-refractivity contribution in [3.63, 3.8) is 0 Å². The van der Waals surface area contributed by atoms with Gasteiger partial charge in [0.05, 0.1) is 6.10 Å². The van der Waals surface area contributed by atoms with E-state index < -0.39 is 5.91 Å². The monoisotopic (exact) mass is 365 g/mol. The Morgan fingerprint density at radius 1 is 0.926 bits per heavy atom. The van der Waals surface area contributed by atoms with Crippen LogP contribution in [-0.4, -0.2) is 22.9 Å². The molecule has 1 heterocycles. The van der Waals surface area contributed by atoms with Crippen LogP contribution in [0.25, 0.3) is 10.9 Å². The highest BCUT2D eigenvalue weighted by atomic mass is 16.5. The fourth-order valence-electron chi connectivity index (χ4n) is 2.82. The van der Waals surface area contributed by atoms with Crippen LogP contribution in [0.5, 0.6) is 5.75 Å². The third kappa shape index (κ3) is 4.11. The van der Waals surface area contributed by atoms with Crippen molar-refractivity contribution in [2.45, 2.75) is 33.8 Å². The molecule has 0 aliphatic heterocycles. The number of fused-ring (bicyclic) bond motifs is 1. The molecular weight excluding hydrogens is 342 g/mol. The fourth-order valence-corrected chi connectivity index (χ4v) is 2.82. The molecule has 27 heavy (non-hydrogen) atoms. The molecular formula is C21H23N3O3. The minimum atomic E-state index is -0.394. The van der Waals surface area contributed by atoms with Gasteiger partial charge in [-0.2, -0.15) is 0 Å². The number of H-pyrrole nitrogens is 1. The van der Waals surface area contributed by atoms with Gasteiger partial charge in [-0.1, -0.05) is 0 Å². The van der Waals surface area contributed by atoms with Gasteiger partial charge >= 0.3 is 0 Å². The standard InChI is InChI=1S/C21H23N3O3/c1-12(2)27-17-8-5-15(6-9-17)20(25)23-24-21(26)16-7-10-19-18(11-16)13(3)14(4)22-19/h5-12,22H,1-4H3,(H,23,25)(H,24,26). The average molecular weight is 365 g/mol. The molecule has 0 spiro atoms. The van der Waals surface area contributed by atoms with Crippen LogP contribution in [0, 0.1) is 13.8 Å². The van der Waals surface area contributed by atoms with E-state index in [2.05, 4.69) is 15.8 Å². The molecule has 6 nitrogen and oxygen atoms in total. The summed E-state index contributed by atoms with van der Waals surface area (Å²) < 4.78 is 5.55. The van der Waals surface area contributed by atoms with Gasteiger partial charge in [0.2, 0.25) is 0 Å². The van der Waals surface area contributed by atoms with Crippen molar-refractivity contribution in [1.29, 1.82) is 0 Å². The summed E-state index contributed by atoms with van der Waals surface area (Å²) in [5, 5.41) is 0.993. The van der Waals surface area contributed by atoms with E-state index in [9.17, 15) is 9.59 Å². The van der Waals surface area contributed by atoms with Crippen LogP contribution < -0.4 is 15.6 Å². The number of carbonyl (C=O) groups excluding carboxylic acids is 2. The van der Waals surface area contributed by atoms with Crippen molar-refractivity contribution >= 4 is 22.7 Å². The molecule has 140 valence electrons. The van der Waals surface area contributed by atoms with Crippen LogP contribution >= 0.6 is 0 Å². The third-order valence-corrected chi connectivity index (χ3v) is 4.35. The summed E-state index contributed by atoms with van der Waals surface area (Å²) in [6.45, 7) is 7.87. The van der Waals surface area contributed by atoms with E-state index in [4.69, 9.17) is 4.74 Å². The first-order valence-electron chi connectivity index (χ1n) is 8.81. The average Bonchev–Trinajstić information content (AvgIpc) is 2.93. The minimum Gasteiger partial charge on any atom is -0.491 e. The van der Waals surface area contributed by atoms with E-state index in [1.165, 1.54) is 0 Å². The van der Waals surface area contributed by atoms with Crippen LogP contribution in [0.3, 0.4) is 0 Å². The number of aryl methyl sites for hydroxylation is 2. The van der Waals surface area contributed by atoms with Gasteiger partial charge in [0.25, 0.3) is 11.8 Å². The molecule has 0 fully saturated rings. The number of aromatic amines is 1. The Morgan fingerprint density at radius 2 is 1.52 bits per heavy atom. The smallest absolute Gasteiger partial charge is 0.269 e. The van der Waals surface area contributed by atoms with E-state index >= 15 is 0 Å². The molecule has 0 aliphatic rings. The number of ether oxygens (including phenoxy) is 1. The van der Waals surface area contributed by atoms with Gasteiger partial charge < -0.3 is 9.72 Å². The Labute approximate surface area is 157 Å². The van der Waals surface area contributed by atoms with Gasteiger partial charge in [-0.15, -0.1) is 0 Å². The molecule has 3 rings (SSSR count). The SMILES string of the molecule is Cc1[nH]c2ccc(C(=O)NNC(=O)c3ccc(OC(C)C)cc3)cc2c1C. The number of aromatic nitrogens is 1. The van der Waals surface area contributed by atoms with Crippen molar-refractivity contribution in [1.82, 2.24) is 15.8 Å². The second kappa shape index (κ2) is 7.53. The predicted octanol–water partition coefficient (Wildman–Crippen LogP) is 3.65. The molecule has 1 aromatic heterocycles. The zero-order chi connectivity index (χ0) is 19.6. The maximum atomic E-state index is 12.4. The highest BCUT2D eigenvalue weighted by molar-refractivity contribution is 6.01. The van der Waals surface area contributed by atoms with Crippen LogP contribution in [0.4, 0.5) is 0 Å². The van der Waals surface area contributed by atoms with Crippen LogP contribution in [-0.2, 0) is 0 Å². The number of amides is 2. The maximum Gasteiger partial charge on any atom is 0.269 e. The second-order valence-corrected chi connectivity index (χ2v) is 6.73. The lowest BCUT2D eigenvalue weighted by atomic mass is 10.1. The molecule has 0 atom stereocenters. The van der Waals surface area contributed by atoms with E-state index in [-0.39, 0.29) is 12.0 Å².